The fourth-order valence-electron chi connectivity index (χ4n) is 1.47. The zero-order chi connectivity index (χ0) is 9.90. The summed E-state index contributed by atoms with van der Waals surface area (Å²) in [6.45, 7) is 11.3. The zero-order valence-corrected chi connectivity index (χ0v) is 9.30. The second kappa shape index (κ2) is 4.43. The van der Waals surface area contributed by atoms with Crippen molar-refractivity contribution in [3.05, 3.63) is 0 Å². The van der Waals surface area contributed by atoms with Gasteiger partial charge in [-0.3, -0.25) is 0 Å². The van der Waals surface area contributed by atoms with Gasteiger partial charge < -0.3 is 9.47 Å². The molecule has 0 spiro atoms. The van der Waals surface area contributed by atoms with Crippen molar-refractivity contribution in [2.75, 3.05) is 19.8 Å². The third-order valence-corrected chi connectivity index (χ3v) is 2.59. The van der Waals surface area contributed by atoms with Crippen LogP contribution < -0.4 is 0 Å². The Bertz CT molecular complexity index is 145. The van der Waals surface area contributed by atoms with E-state index in [0.717, 1.165) is 25.7 Å². The summed E-state index contributed by atoms with van der Waals surface area (Å²) in [6, 6.07) is 0. The standard InChI is InChI=1S/C11H22O2/c1-5-9(10-6-12-7-10)8-13-11(2,3)4/h9-10H,5-8H2,1-4H3/t9-/m0/s1. The average molecular weight is 186 g/mol. The molecule has 2 nitrogen and oxygen atoms in total. The second-order valence-electron chi connectivity index (χ2n) is 4.89. The maximum atomic E-state index is 5.78. The Labute approximate surface area is 81.6 Å². The lowest BCUT2D eigenvalue weighted by atomic mass is 9.89. The minimum Gasteiger partial charge on any atom is -0.381 e. The van der Waals surface area contributed by atoms with E-state index in [-0.39, 0.29) is 5.60 Å². The Morgan fingerprint density at radius 2 is 2.00 bits per heavy atom. The monoisotopic (exact) mass is 186 g/mol. The summed E-state index contributed by atoms with van der Waals surface area (Å²) < 4.78 is 11.0. The first-order valence-corrected chi connectivity index (χ1v) is 5.24. The van der Waals surface area contributed by atoms with Crippen molar-refractivity contribution in [1.82, 2.24) is 0 Å². The number of hydrogen-bond donors (Lipinski definition) is 0. The summed E-state index contributed by atoms with van der Waals surface area (Å²) in [4.78, 5) is 0. The Morgan fingerprint density at radius 1 is 1.38 bits per heavy atom. The molecule has 0 aliphatic carbocycles. The molecule has 0 amide bonds. The molecule has 0 aromatic heterocycles. The molecule has 0 N–H and O–H groups in total. The van der Waals surface area contributed by atoms with Gasteiger partial charge in [0.1, 0.15) is 0 Å². The van der Waals surface area contributed by atoms with Crippen molar-refractivity contribution >= 4 is 0 Å². The molecule has 0 saturated carbocycles. The molecule has 1 heterocycles. The minimum atomic E-state index is -0.00196. The van der Waals surface area contributed by atoms with E-state index in [1.807, 2.05) is 0 Å². The van der Waals surface area contributed by atoms with Gasteiger partial charge in [0, 0.05) is 5.92 Å². The summed E-state index contributed by atoms with van der Waals surface area (Å²) in [6.07, 6.45) is 1.20. The van der Waals surface area contributed by atoms with Crippen LogP contribution in [0.5, 0.6) is 0 Å². The van der Waals surface area contributed by atoms with Crippen molar-refractivity contribution < 1.29 is 9.47 Å². The van der Waals surface area contributed by atoms with E-state index in [2.05, 4.69) is 27.7 Å². The second-order valence-corrected chi connectivity index (χ2v) is 4.89. The van der Waals surface area contributed by atoms with Crippen molar-refractivity contribution in [3.8, 4) is 0 Å². The SMILES string of the molecule is CC[C@@H](COC(C)(C)C)C1COC1. The van der Waals surface area contributed by atoms with Gasteiger partial charge in [0.25, 0.3) is 0 Å². The molecule has 1 saturated heterocycles. The Morgan fingerprint density at radius 3 is 2.31 bits per heavy atom. The number of rotatable bonds is 4. The molecule has 1 rings (SSSR count). The van der Waals surface area contributed by atoms with Gasteiger partial charge in [-0.25, -0.2) is 0 Å². The van der Waals surface area contributed by atoms with E-state index in [0.29, 0.717) is 5.92 Å². The highest BCUT2D eigenvalue weighted by atomic mass is 16.5. The molecule has 1 fully saturated rings. The van der Waals surface area contributed by atoms with Gasteiger partial charge in [-0.1, -0.05) is 13.3 Å². The molecule has 1 atom stereocenters. The Kier molecular flexibility index (Phi) is 3.74. The lowest BCUT2D eigenvalue weighted by Gasteiger charge is -2.34. The fourth-order valence-corrected chi connectivity index (χ4v) is 1.47. The van der Waals surface area contributed by atoms with Crippen LogP contribution in [0.1, 0.15) is 34.1 Å². The molecule has 78 valence electrons. The summed E-state index contributed by atoms with van der Waals surface area (Å²) in [7, 11) is 0. The quantitative estimate of drug-likeness (QED) is 0.671. The maximum Gasteiger partial charge on any atom is 0.0598 e. The van der Waals surface area contributed by atoms with Crippen molar-refractivity contribution in [2.45, 2.75) is 39.7 Å². The third kappa shape index (κ3) is 3.65. The maximum absolute atomic E-state index is 5.78. The van der Waals surface area contributed by atoms with Gasteiger partial charge >= 0.3 is 0 Å². The van der Waals surface area contributed by atoms with Crippen LogP contribution in [0.15, 0.2) is 0 Å². The molecule has 13 heavy (non-hydrogen) atoms. The first kappa shape index (κ1) is 11.0. The fraction of sp³-hybridized carbons (Fsp3) is 1.00. The molecule has 1 aliphatic rings. The molecule has 0 unspecified atom stereocenters. The molecule has 1 aliphatic heterocycles. The summed E-state index contributed by atoms with van der Waals surface area (Å²) in [5.41, 5.74) is -0.00196. The van der Waals surface area contributed by atoms with Crippen LogP contribution in [0, 0.1) is 11.8 Å². The van der Waals surface area contributed by atoms with E-state index in [4.69, 9.17) is 9.47 Å². The van der Waals surface area contributed by atoms with E-state index >= 15 is 0 Å². The van der Waals surface area contributed by atoms with Gasteiger partial charge in [-0.2, -0.15) is 0 Å². The Balaban J connectivity index is 2.23. The highest BCUT2D eigenvalue weighted by Gasteiger charge is 2.28. The molecule has 0 bridgehead atoms. The van der Waals surface area contributed by atoms with Crippen LogP contribution in [0.25, 0.3) is 0 Å². The normalized spacial score (nSPS) is 21.2. The lowest BCUT2D eigenvalue weighted by molar-refractivity contribution is -0.0995. The van der Waals surface area contributed by atoms with Crippen LogP contribution >= 0.6 is 0 Å². The first-order valence-electron chi connectivity index (χ1n) is 5.24. The van der Waals surface area contributed by atoms with Gasteiger partial charge in [0.05, 0.1) is 25.4 Å². The van der Waals surface area contributed by atoms with Gasteiger partial charge in [-0.15, -0.1) is 0 Å². The molecule has 0 radical (unpaired) electrons. The summed E-state index contributed by atoms with van der Waals surface area (Å²) >= 11 is 0. The van der Waals surface area contributed by atoms with Crippen LogP contribution in [0.3, 0.4) is 0 Å². The molecule has 2 heteroatoms. The highest BCUT2D eigenvalue weighted by molar-refractivity contribution is 4.75. The Hall–Kier alpha value is -0.0800. The van der Waals surface area contributed by atoms with Crippen molar-refractivity contribution in [2.24, 2.45) is 11.8 Å². The van der Waals surface area contributed by atoms with Crippen molar-refractivity contribution in [1.29, 1.82) is 0 Å². The number of hydrogen-bond acceptors (Lipinski definition) is 2. The minimum absolute atomic E-state index is 0.00196. The molecule has 0 aromatic carbocycles. The van der Waals surface area contributed by atoms with Gasteiger partial charge in [0.15, 0.2) is 0 Å². The van der Waals surface area contributed by atoms with Crippen LogP contribution in [0.4, 0.5) is 0 Å². The molecular formula is C11H22O2. The van der Waals surface area contributed by atoms with E-state index in [1.165, 1.54) is 6.42 Å². The van der Waals surface area contributed by atoms with Gasteiger partial charge in [-0.05, 0) is 26.7 Å². The third-order valence-electron chi connectivity index (χ3n) is 2.59. The van der Waals surface area contributed by atoms with Gasteiger partial charge in [0.2, 0.25) is 0 Å². The topological polar surface area (TPSA) is 18.5 Å². The smallest absolute Gasteiger partial charge is 0.0598 e. The summed E-state index contributed by atoms with van der Waals surface area (Å²) in [5.74, 6) is 1.43. The largest absolute Gasteiger partial charge is 0.381 e. The van der Waals surface area contributed by atoms with Crippen LogP contribution in [0.2, 0.25) is 0 Å². The van der Waals surface area contributed by atoms with Crippen LogP contribution in [-0.4, -0.2) is 25.4 Å². The predicted molar refractivity (Wildman–Crippen MR) is 53.8 cm³/mol. The number of ether oxygens (including phenoxy) is 2. The zero-order valence-electron chi connectivity index (χ0n) is 9.30. The van der Waals surface area contributed by atoms with E-state index < -0.39 is 0 Å². The van der Waals surface area contributed by atoms with Crippen molar-refractivity contribution in [3.63, 3.8) is 0 Å². The average Bonchev–Trinajstić information content (AvgIpc) is 1.91. The first-order chi connectivity index (χ1) is 6.03. The molecule has 0 aromatic rings. The van der Waals surface area contributed by atoms with Crippen LogP contribution in [-0.2, 0) is 9.47 Å². The highest BCUT2D eigenvalue weighted by Crippen LogP contribution is 2.25. The van der Waals surface area contributed by atoms with E-state index in [1.54, 1.807) is 0 Å². The summed E-state index contributed by atoms with van der Waals surface area (Å²) in [5, 5.41) is 0. The predicted octanol–water partition coefficient (Wildman–Crippen LogP) is 2.47. The van der Waals surface area contributed by atoms with E-state index in [9.17, 15) is 0 Å². The molecular weight excluding hydrogens is 164 g/mol. The lowest BCUT2D eigenvalue weighted by Crippen LogP contribution is -2.37.